The van der Waals surface area contributed by atoms with Crippen molar-refractivity contribution in [3.63, 3.8) is 0 Å². The normalized spacial score (nSPS) is 19.4. The van der Waals surface area contributed by atoms with Gasteiger partial charge in [-0.2, -0.15) is 0 Å². The number of halogens is 2. The van der Waals surface area contributed by atoms with Crippen molar-refractivity contribution < 1.29 is 13.5 Å². The molecule has 1 rings (SSSR count). The van der Waals surface area contributed by atoms with Gasteiger partial charge in [0, 0.05) is 12.6 Å². The number of allylic oxidation sites excluding steroid dienone is 1. The van der Waals surface area contributed by atoms with Crippen LogP contribution in [0.2, 0.25) is 0 Å². The molecule has 0 aromatic heterocycles. The van der Waals surface area contributed by atoms with E-state index in [1.54, 1.807) is 0 Å². The van der Waals surface area contributed by atoms with Crippen LogP contribution in [0.4, 0.5) is 8.78 Å². The summed E-state index contributed by atoms with van der Waals surface area (Å²) in [7, 11) is 0. The molecule has 0 aromatic carbocycles. The van der Waals surface area contributed by atoms with Crippen LogP contribution in [0.5, 0.6) is 0 Å². The van der Waals surface area contributed by atoms with E-state index in [1.165, 1.54) is 24.8 Å². The maximum atomic E-state index is 11.8. The fraction of sp³-hybridized carbons (Fsp3) is 0.833. The zero-order chi connectivity index (χ0) is 11.8. The maximum Gasteiger partial charge on any atom is 0.261 e. The van der Waals surface area contributed by atoms with Crippen LogP contribution in [0.25, 0.3) is 0 Å². The van der Waals surface area contributed by atoms with Crippen LogP contribution in [0.15, 0.2) is 11.6 Å². The van der Waals surface area contributed by atoms with Crippen LogP contribution < -0.4 is 5.73 Å². The lowest BCUT2D eigenvalue weighted by molar-refractivity contribution is 0.0159. The van der Waals surface area contributed by atoms with Gasteiger partial charge in [0.25, 0.3) is 6.43 Å². The molecular formula is C12H21F2NO. The average Bonchev–Trinajstić information content (AvgIpc) is 2.52. The predicted octanol–water partition coefficient (Wildman–Crippen LogP) is 2.88. The van der Waals surface area contributed by atoms with Gasteiger partial charge in [0.15, 0.2) is 0 Å². The lowest BCUT2D eigenvalue weighted by Gasteiger charge is -2.15. The van der Waals surface area contributed by atoms with E-state index in [0.717, 1.165) is 12.8 Å². The molecule has 1 aliphatic carbocycles. The van der Waals surface area contributed by atoms with Crippen molar-refractivity contribution in [2.75, 3.05) is 13.2 Å². The molecule has 0 aliphatic heterocycles. The largest absolute Gasteiger partial charge is 0.375 e. The molecule has 0 spiro atoms. The Morgan fingerprint density at radius 3 is 2.88 bits per heavy atom. The molecule has 4 heteroatoms. The summed E-state index contributed by atoms with van der Waals surface area (Å²) in [5.41, 5.74) is 7.28. The minimum absolute atomic E-state index is 0.0178. The van der Waals surface area contributed by atoms with Crippen molar-refractivity contribution in [3.8, 4) is 0 Å². The van der Waals surface area contributed by atoms with E-state index in [1.807, 2.05) is 0 Å². The molecule has 1 unspecified atom stereocenters. The first-order chi connectivity index (χ1) is 7.70. The molecule has 0 saturated heterocycles. The van der Waals surface area contributed by atoms with Crippen LogP contribution in [0.1, 0.15) is 38.5 Å². The molecule has 94 valence electrons. The molecular weight excluding hydrogens is 212 g/mol. The Labute approximate surface area is 95.8 Å². The van der Waals surface area contributed by atoms with Gasteiger partial charge in [-0.15, -0.1) is 0 Å². The van der Waals surface area contributed by atoms with E-state index in [-0.39, 0.29) is 6.04 Å². The SMILES string of the molecule is NC(CCOCC(F)F)C1=CCCCCC1. The second kappa shape index (κ2) is 7.74. The summed E-state index contributed by atoms with van der Waals surface area (Å²) in [5, 5.41) is 0. The number of nitrogens with two attached hydrogens (primary N) is 1. The van der Waals surface area contributed by atoms with Crippen LogP contribution in [0, 0.1) is 0 Å². The zero-order valence-corrected chi connectivity index (χ0v) is 9.63. The number of ether oxygens (including phenoxy) is 1. The summed E-state index contributed by atoms with van der Waals surface area (Å²) in [6.07, 6.45) is 6.30. The number of alkyl halides is 2. The topological polar surface area (TPSA) is 35.2 Å². The molecule has 1 atom stereocenters. The van der Waals surface area contributed by atoms with Crippen molar-refractivity contribution >= 4 is 0 Å². The maximum absolute atomic E-state index is 11.8. The fourth-order valence-corrected chi connectivity index (χ4v) is 1.94. The van der Waals surface area contributed by atoms with Gasteiger partial charge in [0.05, 0.1) is 0 Å². The fourth-order valence-electron chi connectivity index (χ4n) is 1.94. The molecule has 0 heterocycles. The Kier molecular flexibility index (Phi) is 6.57. The van der Waals surface area contributed by atoms with Crippen LogP contribution >= 0.6 is 0 Å². The van der Waals surface area contributed by atoms with Gasteiger partial charge in [-0.05, 0) is 32.1 Å². The quantitative estimate of drug-likeness (QED) is 0.565. The predicted molar refractivity (Wildman–Crippen MR) is 60.6 cm³/mol. The van der Waals surface area contributed by atoms with Gasteiger partial charge in [-0.1, -0.05) is 18.1 Å². The smallest absolute Gasteiger partial charge is 0.261 e. The van der Waals surface area contributed by atoms with Crippen molar-refractivity contribution in [2.24, 2.45) is 5.73 Å². The van der Waals surface area contributed by atoms with Crippen molar-refractivity contribution in [1.29, 1.82) is 0 Å². The Balaban J connectivity index is 2.17. The van der Waals surface area contributed by atoms with E-state index < -0.39 is 13.0 Å². The van der Waals surface area contributed by atoms with E-state index in [9.17, 15) is 8.78 Å². The molecule has 1 aliphatic rings. The summed E-state index contributed by atoms with van der Waals surface area (Å²) in [6.45, 7) is -0.158. The van der Waals surface area contributed by atoms with Gasteiger partial charge >= 0.3 is 0 Å². The van der Waals surface area contributed by atoms with Crippen LogP contribution in [-0.4, -0.2) is 25.7 Å². The summed E-state index contributed by atoms with van der Waals surface area (Å²) in [5.74, 6) is 0. The first-order valence-corrected chi connectivity index (χ1v) is 6.00. The van der Waals surface area contributed by atoms with Crippen molar-refractivity contribution in [1.82, 2.24) is 0 Å². The number of hydrogen-bond acceptors (Lipinski definition) is 2. The Morgan fingerprint density at radius 1 is 1.31 bits per heavy atom. The average molecular weight is 233 g/mol. The van der Waals surface area contributed by atoms with Crippen LogP contribution in [-0.2, 0) is 4.74 Å². The summed E-state index contributed by atoms with van der Waals surface area (Å²) in [4.78, 5) is 0. The molecule has 0 amide bonds. The molecule has 16 heavy (non-hydrogen) atoms. The Hall–Kier alpha value is -0.480. The third kappa shape index (κ3) is 5.56. The second-order valence-electron chi connectivity index (χ2n) is 4.24. The summed E-state index contributed by atoms with van der Waals surface area (Å²) < 4.78 is 28.4. The highest BCUT2D eigenvalue weighted by Gasteiger charge is 2.11. The lowest BCUT2D eigenvalue weighted by Crippen LogP contribution is -2.25. The first-order valence-electron chi connectivity index (χ1n) is 6.00. The van der Waals surface area contributed by atoms with Gasteiger partial charge in [0.1, 0.15) is 6.61 Å². The Morgan fingerprint density at radius 2 is 2.12 bits per heavy atom. The van der Waals surface area contributed by atoms with E-state index >= 15 is 0 Å². The lowest BCUT2D eigenvalue weighted by atomic mass is 10.0. The van der Waals surface area contributed by atoms with E-state index in [2.05, 4.69) is 6.08 Å². The standard InChI is InChI=1S/C12H21F2NO/c13-12(14)9-16-8-7-11(15)10-5-3-1-2-4-6-10/h5,11-12H,1-4,6-9,15H2. The molecule has 0 saturated carbocycles. The van der Waals surface area contributed by atoms with E-state index in [4.69, 9.17) is 10.5 Å². The van der Waals surface area contributed by atoms with E-state index in [0.29, 0.717) is 13.0 Å². The Bertz CT molecular complexity index is 219. The van der Waals surface area contributed by atoms with Gasteiger partial charge in [-0.3, -0.25) is 0 Å². The first kappa shape index (κ1) is 13.6. The van der Waals surface area contributed by atoms with Crippen molar-refractivity contribution in [2.45, 2.75) is 51.0 Å². The highest BCUT2D eigenvalue weighted by atomic mass is 19.3. The van der Waals surface area contributed by atoms with Gasteiger partial charge < -0.3 is 10.5 Å². The molecule has 0 fully saturated rings. The van der Waals surface area contributed by atoms with Crippen molar-refractivity contribution in [3.05, 3.63) is 11.6 Å². The minimum Gasteiger partial charge on any atom is -0.375 e. The number of rotatable bonds is 6. The number of hydrogen-bond donors (Lipinski definition) is 1. The molecule has 2 nitrogen and oxygen atoms in total. The molecule has 0 bridgehead atoms. The zero-order valence-electron chi connectivity index (χ0n) is 9.63. The van der Waals surface area contributed by atoms with Gasteiger partial charge in [-0.25, -0.2) is 8.78 Å². The third-order valence-electron chi connectivity index (χ3n) is 2.87. The minimum atomic E-state index is -2.38. The highest BCUT2D eigenvalue weighted by molar-refractivity contribution is 5.11. The summed E-state index contributed by atoms with van der Waals surface area (Å²) in [6, 6.07) is -0.0178. The summed E-state index contributed by atoms with van der Waals surface area (Å²) >= 11 is 0. The second-order valence-corrected chi connectivity index (χ2v) is 4.24. The molecule has 0 radical (unpaired) electrons. The van der Waals surface area contributed by atoms with Crippen LogP contribution in [0.3, 0.4) is 0 Å². The molecule has 2 N–H and O–H groups in total. The highest BCUT2D eigenvalue weighted by Crippen LogP contribution is 2.20. The molecule has 0 aromatic rings. The monoisotopic (exact) mass is 233 g/mol. The third-order valence-corrected chi connectivity index (χ3v) is 2.87. The van der Waals surface area contributed by atoms with Gasteiger partial charge in [0.2, 0.25) is 0 Å².